The first-order valence-corrected chi connectivity index (χ1v) is 4.47. The van der Waals surface area contributed by atoms with Gasteiger partial charge in [0.1, 0.15) is 0 Å². The molecule has 0 heterocycles. The van der Waals surface area contributed by atoms with Crippen molar-refractivity contribution in [2.45, 2.75) is 25.7 Å². The van der Waals surface area contributed by atoms with Crippen LogP contribution < -0.4 is 0 Å². The van der Waals surface area contributed by atoms with Gasteiger partial charge in [0.2, 0.25) is 0 Å². The molecule has 0 aliphatic heterocycles. The smallest absolute Gasteiger partial charge is 0 e. The Morgan fingerprint density at radius 2 is 1.80 bits per heavy atom. The van der Waals surface area contributed by atoms with Crippen molar-refractivity contribution in [2.24, 2.45) is 0 Å². The van der Waals surface area contributed by atoms with Crippen LogP contribution in [0.3, 0.4) is 0 Å². The zero-order valence-corrected chi connectivity index (χ0v) is 10.3. The van der Waals surface area contributed by atoms with Gasteiger partial charge in [-0.05, 0) is 51.9 Å². The number of halogens is 1. The first-order chi connectivity index (χ1) is 4.39. The monoisotopic (exact) mass is 427 g/mol. The zero-order chi connectivity index (χ0) is 6.53. The van der Waals surface area contributed by atoms with Gasteiger partial charge in [-0.2, -0.15) is 0 Å². The molecule has 0 aromatic heterocycles. The minimum Gasteiger partial charge on any atom is -0.0882 e. The maximum atomic E-state index is 2.43. The first-order valence-electron chi connectivity index (χ1n) is 3.39. The van der Waals surface area contributed by atoms with Gasteiger partial charge in [-0.25, -0.2) is 0 Å². The van der Waals surface area contributed by atoms with Gasteiger partial charge >= 0.3 is 0 Å². The quantitative estimate of drug-likeness (QED) is 0.412. The van der Waals surface area contributed by atoms with Gasteiger partial charge in [0.05, 0.1) is 0 Å². The molecule has 2 heteroatoms. The molecule has 10 heavy (non-hydrogen) atoms. The van der Waals surface area contributed by atoms with Gasteiger partial charge in [-0.1, -0.05) is 18.2 Å². The van der Waals surface area contributed by atoms with Crippen molar-refractivity contribution in [3.05, 3.63) is 21.8 Å². The Bertz CT molecular complexity index is 138. The fourth-order valence-corrected chi connectivity index (χ4v) is 1.52. The van der Waals surface area contributed by atoms with E-state index in [1.165, 1.54) is 29.3 Å². The summed E-state index contributed by atoms with van der Waals surface area (Å²) in [7, 11) is 0. The maximum absolute atomic E-state index is 2.43. The number of allylic oxidation sites excluding steroid dienone is 4. The summed E-state index contributed by atoms with van der Waals surface area (Å²) >= 11 is 2.43. The molecule has 0 saturated carbocycles. The Labute approximate surface area is 89.6 Å². The van der Waals surface area contributed by atoms with E-state index >= 15 is 0 Å². The van der Waals surface area contributed by atoms with Crippen LogP contribution in [0.1, 0.15) is 25.7 Å². The van der Waals surface area contributed by atoms with Gasteiger partial charge in [-0.15, -0.1) is 0 Å². The summed E-state index contributed by atoms with van der Waals surface area (Å²) in [5.41, 5.74) is 0. The van der Waals surface area contributed by atoms with E-state index in [2.05, 4.69) is 40.8 Å². The van der Waals surface area contributed by atoms with Crippen LogP contribution in [0.2, 0.25) is 0 Å². The van der Waals surface area contributed by atoms with Crippen molar-refractivity contribution in [2.75, 3.05) is 0 Å². The summed E-state index contributed by atoms with van der Waals surface area (Å²) in [6.45, 7) is 0. The van der Waals surface area contributed by atoms with Gasteiger partial charge in [0.25, 0.3) is 0 Å². The van der Waals surface area contributed by atoms with Gasteiger partial charge in [0, 0.05) is 20.1 Å². The van der Waals surface area contributed by atoms with Crippen molar-refractivity contribution in [3.63, 3.8) is 0 Å². The molecule has 1 aliphatic carbocycles. The van der Waals surface area contributed by atoms with Crippen molar-refractivity contribution < 1.29 is 20.1 Å². The normalized spacial score (nSPS) is 18.3. The van der Waals surface area contributed by atoms with Crippen LogP contribution in [0.25, 0.3) is 0 Å². The molecular formula is C8H11IIr. The van der Waals surface area contributed by atoms with E-state index in [-0.39, 0.29) is 20.1 Å². The second-order valence-electron chi connectivity index (χ2n) is 2.24. The van der Waals surface area contributed by atoms with E-state index in [0.717, 1.165) is 0 Å². The Kier molecular flexibility index (Phi) is 7.13. The minimum atomic E-state index is 0. The van der Waals surface area contributed by atoms with Crippen molar-refractivity contribution in [1.29, 1.82) is 0 Å². The summed E-state index contributed by atoms with van der Waals surface area (Å²) in [6.07, 6.45) is 11.8. The van der Waals surface area contributed by atoms with Crippen molar-refractivity contribution in [3.8, 4) is 0 Å². The van der Waals surface area contributed by atoms with Crippen LogP contribution in [-0.2, 0) is 20.1 Å². The average Bonchev–Trinajstić information content (AvgIpc) is 1.79. The molecule has 0 fully saturated rings. The second kappa shape index (κ2) is 6.56. The minimum absolute atomic E-state index is 0. The van der Waals surface area contributed by atoms with Crippen molar-refractivity contribution in [1.82, 2.24) is 0 Å². The molecule has 0 spiro atoms. The van der Waals surface area contributed by atoms with Crippen LogP contribution in [0.5, 0.6) is 0 Å². The van der Waals surface area contributed by atoms with E-state index in [4.69, 9.17) is 0 Å². The van der Waals surface area contributed by atoms with E-state index in [0.29, 0.717) is 0 Å². The third-order valence-electron chi connectivity index (χ3n) is 1.42. The predicted molar refractivity (Wildman–Crippen MR) is 49.7 cm³/mol. The molecule has 59 valence electrons. The molecule has 0 atom stereocenters. The fraction of sp³-hybridized carbons (Fsp3) is 0.500. The maximum Gasteiger partial charge on any atom is 0 e. The number of rotatable bonds is 0. The molecule has 0 N–H and O–H groups in total. The van der Waals surface area contributed by atoms with E-state index < -0.39 is 0 Å². The molecule has 0 aromatic rings. The SMILES string of the molecule is IC1=CCCC=CCC1.[Ir]. The summed E-state index contributed by atoms with van der Waals surface area (Å²) in [5, 5.41) is 0. The molecule has 1 radical (unpaired) electrons. The van der Waals surface area contributed by atoms with E-state index in [1.54, 1.807) is 0 Å². The Morgan fingerprint density at radius 3 is 2.60 bits per heavy atom. The Balaban J connectivity index is 0.000000810. The Hall–Kier alpha value is 0.859. The summed E-state index contributed by atoms with van der Waals surface area (Å²) in [4.78, 5) is 0. The largest absolute Gasteiger partial charge is 0.0882 e. The molecule has 0 saturated heterocycles. The van der Waals surface area contributed by atoms with Gasteiger partial charge in [0.15, 0.2) is 0 Å². The number of hydrogen-bond acceptors (Lipinski definition) is 0. The molecule has 0 nitrogen and oxygen atoms in total. The molecule has 0 unspecified atom stereocenters. The van der Waals surface area contributed by atoms with Crippen LogP contribution in [0.15, 0.2) is 21.8 Å². The van der Waals surface area contributed by atoms with Crippen LogP contribution in [0, 0.1) is 0 Å². The predicted octanol–water partition coefficient (Wildman–Crippen LogP) is 3.43. The summed E-state index contributed by atoms with van der Waals surface area (Å²) in [6, 6.07) is 0. The zero-order valence-electron chi connectivity index (χ0n) is 5.77. The summed E-state index contributed by atoms with van der Waals surface area (Å²) < 4.78 is 1.52. The first kappa shape index (κ1) is 10.9. The van der Waals surface area contributed by atoms with Crippen LogP contribution >= 0.6 is 22.6 Å². The fourth-order valence-electron chi connectivity index (χ4n) is 0.895. The molecule has 0 amide bonds. The topological polar surface area (TPSA) is 0 Å². The third kappa shape index (κ3) is 4.64. The molecular weight excluding hydrogens is 415 g/mol. The Morgan fingerprint density at radius 1 is 1.10 bits per heavy atom. The third-order valence-corrected chi connectivity index (χ3v) is 2.40. The standard InChI is InChI=1S/C8H11I.Ir/c9-8-6-4-2-1-3-5-7-8;/h1-2,7H,3-6H2;. The molecule has 0 bridgehead atoms. The average molecular weight is 426 g/mol. The van der Waals surface area contributed by atoms with Crippen LogP contribution in [0.4, 0.5) is 0 Å². The molecule has 1 aliphatic rings. The van der Waals surface area contributed by atoms with E-state index in [9.17, 15) is 0 Å². The molecule has 0 aromatic carbocycles. The number of hydrogen-bond donors (Lipinski definition) is 0. The summed E-state index contributed by atoms with van der Waals surface area (Å²) in [5.74, 6) is 0. The van der Waals surface area contributed by atoms with Crippen LogP contribution in [-0.4, -0.2) is 0 Å². The molecule has 1 rings (SSSR count). The second-order valence-corrected chi connectivity index (χ2v) is 3.62. The van der Waals surface area contributed by atoms with Crippen molar-refractivity contribution >= 4 is 22.6 Å². The van der Waals surface area contributed by atoms with Gasteiger partial charge in [-0.3, -0.25) is 0 Å². The van der Waals surface area contributed by atoms with E-state index in [1.807, 2.05) is 0 Å². The van der Waals surface area contributed by atoms with Gasteiger partial charge < -0.3 is 0 Å².